The SMILES string of the molecule is CC1CCc2cc([18F])cc3c(=O)c(C(=O)O)cn1c23. The fourth-order valence-corrected chi connectivity index (χ4v) is 2.74. The molecular formula is C14H12FNO3. The van der Waals surface area contributed by atoms with Crippen molar-refractivity contribution in [3.63, 3.8) is 0 Å². The van der Waals surface area contributed by atoms with Crippen LogP contribution in [-0.2, 0) is 6.42 Å². The lowest BCUT2D eigenvalue weighted by molar-refractivity contribution is 0.0694. The van der Waals surface area contributed by atoms with Crippen LogP contribution in [0.4, 0.5) is 4.39 Å². The summed E-state index contributed by atoms with van der Waals surface area (Å²) in [7, 11) is 0. The number of carboxylic acid groups (broad SMARTS) is 1. The van der Waals surface area contributed by atoms with Crippen LogP contribution in [0.3, 0.4) is 0 Å². The van der Waals surface area contributed by atoms with Gasteiger partial charge in [0.2, 0.25) is 5.43 Å². The first-order valence-electron chi connectivity index (χ1n) is 6.09. The fraction of sp³-hybridized carbons (Fsp3) is 0.286. The number of pyridine rings is 1. The maximum atomic E-state index is 13.6. The van der Waals surface area contributed by atoms with Crippen molar-refractivity contribution in [2.24, 2.45) is 0 Å². The Bertz CT molecular complexity index is 763. The monoisotopic (exact) mass is 260 g/mol. The zero-order valence-electron chi connectivity index (χ0n) is 10.3. The third kappa shape index (κ3) is 1.65. The molecule has 1 aromatic heterocycles. The van der Waals surface area contributed by atoms with Crippen molar-refractivity contribution in [2.45, 2.75) is 25.8 Å². The third-order valence-electron chi connectivity index (χ3n) is 3.71. The van der Waals surface area contributed by atoms with Gasteiger partial charge in [0.25, 0.3) is 0 Å². The van der Waals surface area contributed by atoms with E-state index in [0.717, 1.165) is 18.1 Å². The highest BCUT2D eigenvalue weighted by Gasteiger charge is 2.23. The molecule has 3 rings (SSSR count). The van der Waals surface area contributed by atoms with Crippen molar-refractivity contribution in [1.29, 1.82) is 0 Å². The zero-order chi connectivity index (χ0) is 13.7. The molecule has 0 fully saturated rings. The molecule has 98 valence electrons. The second-order valence-electron chi connectivity index (χ2n) is 4.93. The molecule has 1 unspecified atom stereocenters. The van der Waals surface area contributed by atoms with E-state index in [1.807, 2.05) is 6.92 Å². The first-order chi connectivity index (χ1) is 8.99. The number of hydrogen-bond donors (Lipinski definition) is 1. The van der Waals surface area contributed by atoms with Gasteiger partial charge in [-0.2, -0.15) is 0 Å². The molecule has 0 saturated carbocycles. The highest BCUT2D eigenvalue weighted by Crippen LogP contribution is 2.30. The van der Waals surface area contributed by atoms with Gasteiger partial charge in [-0.15, -0.1) is 0 Å². The largest absolute Gasteiger partial charge is 0.477 e. The number of hydrogen-bond acceptors (Lipinski definition) is 2. The molecule has 0 saturated heterocycles. The number of carboxylic acids is 1. The van der Waals surface area contributed by atoms with Gasteiger partial charge in [-0.25, -0.2) is 9.18 Å². The van der Waals surface area contributed by atoms with E-state index in [1.54, 1.807) is 4.57 Å². The molecule has 19 heavy (non-hydrogen) atoms. The van der Waals surface area contributed by atoms with E-state index >= 15 is 0 Å². The fourth-order valence-electron chi connectivity index (χ4n) is 2.74. The van der Waals surface area contributed by atoms with Crippen molar-refractivity contribution in [3.8, 4) is 0 Å². The molecule has 1 aliphatic heterocycles. The molecule has 0 amide bonds. The maximum Gasteiger partial charge on any atom is 0.341 e. The van der Waals surface area contributed by atoms with E-state index in [1.165, 1.54) is 12.3 Å². The summed E-state index contributed by atoms with van der Waals surface area (Å²) in [4.78, 5) is 23.2. The summed E-state index contributed by atoms with van der Waals surface area (Å²) in [5, 5.41) is 9.24. The van der Waals surface area contributed by atoms with Crippen LogP contribution in [0.1, 0.15) is 35.3 Å². The second kappa shape index (κ2) is 3.91. The first-order valence-corrected chi connectivity index (χ1v) is 6.09. The Morgan fingerprint density at radius 3 is 2.89 bits per heavy atom. The normalized spacial score (nSPS) is 17.7. The summed E-state index contributed by atoms with van der Waals surface area (Å²) < 4.78 is 15.3. The smallest absolute Gasteiger partial charge is 0.341 e. The number of benzene rings is 1. The summed E-state index contributed by atoms with van der Waals surface area (Å²) in [6.07, 6.45) is 2.87. The van der Waals surface area contributed by atoms with Crippen LogP contribution < -0.4 is 5.43 Å². The lowest BCUT2D eigenvalue weighted by atomic mass is 9.96. The molecule has 2 heterocycles. The van der Waals surface area contributed by atoms with Gasteiger partial charge in [0, 0.05) is 17.6 Å². The second-order valence-corrected chi connectivity index (χ2v) is 4.93. The van der Waals surface area contributed by atoms with E-state index in [9.17, 15) is 14.0 Å². The van der Waals surface area contributed by atoms with Gasteiger partial charge < -0.3 is 9.67 Å². The average molecular weight is 260 g/mol. The van der Waals surface area contributed by atoms with Crippen LogP contribution in [0, 0.1) is 5.82 Å². The third-order valence-corrected chi connectivity index (χ3v) is 3.71. The van der Waals surface area contributed by atoms with Gasteiger partial charge in [0.1, 0.15) is 11.4 Å². The highest BCUT2D eigenvalue weighted by molar-refractivity contribution is 5.93. The predicted octanol–water partition coefficient (Wildman–Crippen LogP) is 2.35. The van der Waals surface area contributed by atoms with Gasteiger partial charge >= 0.3 is 5.97 Å². The van der Waals surface area contributed by atoms with Gasteiger partial charge in [0.15, 0.2) is 0 Å². The molecule has 1 aliphatic rings. The average Bonchev–Trinajstić information content (AvgIpc) is 2.35. The maximum absolute atomic E-state index is 13.6. The molecule has 4 nitrogen and oxygen atoms in total. The van der Waals surface area contributed by atoms with Crippen LogP contribution in [0.25, 0.3) is 10.9 Å². The Kier molecular flexibility index (Phi) is 2.45. The Morgan fingerprint density at radius 1 is 1.47 bits per heavy atom. The number of halogens is 1. The molecule has 0 aliphatic carbocycles. The highest BCUT2D eigenvalue weighted by atomic mass is 18.2. The molecule has 2 aromatic rings. The Balaban J connectivity index is 2.53. The summed E-state index contributed by atoms with van der Waals surface area (Å²) in [5.74, 6) is -1.78. The Hall–Kier alpha value is -2.17. The number of aryl methyl sites for hydroxylation is 1. The number of carbonyl (C=O) groups is 1. The molecule has 1 aromatic carbocycles. The van der Waals surface area contributed by atoms with Crippen molar-refractivity contribution in [2.75, 3.05) is 0 Å². The van der Waals surface area contributed by atoms with Gasteiger partial charge in [0.05, 0.1) is 5.52 Å². The van der Waals surface area contributed by atoms with Gasteiger partial charge in [-0.05, 0) is 37.5 Å². The summed E-state index contributed by atoms with van der Waals surface area (Å²) in [6.45, 7) is 1.96. The van der Waals surface area contributed by atoms with Crippen LogP contribution in [0.5, 0.6) is 0 Å². The molecule has 1 N–H and O–H groups in total. The van der Waals surface area contributed by atoms with E-state index < -0.39 is 17.2 Å². The van der Waals surface area contributed by atoms with Gasteiger partial charge in [-0.3, -0.25) is 4.79 Å². The molecule has 0 spiro atoms. The molecule has 0 radical (unpaired) electrons. The molecular weight excluding hydrogens is 248 g/mol. The lowest BCUT2D eigenvalue weighted by Crippen LogP contribution is -2.24. The van der Waals surface area contributed by atoms with E-state index in [-0.39, 0.29) is 17.0 Å². The summed E-state index contributed by atoms with van der Waals surface area (Å²) in [5.41, 5.74) is 0.503. The van der Waals surface area contributed by atoms with E-state index in [2.05, 4.69) is 0 Å². The topological polar surface area (TPSA) is 59.3 Å². The van der Waals surface area contributed by atoms with Crippen molar-refractivity contribution < 1.29 is 14.3 Å². The van der Waals surface area contributed by atoms with Crippen LogP contribution in [-0.4, -0.2) is 15.6 Å². The minimum Gasteiger partial charge on any atom is -0.477 e. The summed E-state index contributed by atoms with van der Waals surface area (Å²) >= 11 is 0. The quantitative estimate of drug-likeness (QED) is 0.856. The van der Waals surface area contributed by atoms with Crippen LogP contribution >= 0.6 is 0 Å². The number of rotatable bonds is 1. The minimum atomic E-state index is -1.28. The van der Waals surface area contributed by atoms with Crippen LogP contribution in [0.15, 0.2) is 23.1 Å². The predicted molar refractivity (Wildman–Crippen MR) is 68.2 cm³/mol. The zero-order valence-corrected chi connectivity index (χ0v) is 10.3. The Labute approximate surface area is 108 Å². The number of nitrogens with zero attached hydrogens (tertiary/aromatic N) is 1. The van der Waals surface area contributed by atoms with E-state index in [0.29, 0.717) is 11.9 Å². The van der Waals surface area contributed by atoms with Crippen molar-refractivity contribution in [1.82, 2.24) is 4.57 Å². The lowest BCUT2D eigenvalue weighted by Gasteiger charge is -2.26. The van der Waals surface area contributed by atoms with Crippen LogP contribution in [0.2, 0.25) is 0 Å². The Morgan fingerprint density at radius 2 is 2.21 bits per heavy atom. The van der Waals surface area contributed by atoms with Gasteiger partial charge in [-0.1, -0.05) is 0 Å². The molecule has 1 atom stereocenters. The molecule has 5 heteroatoms. The van der Waals surface area contributed by atoms with E-state index in [4.69, 9.17) is 5.11 Å². The first kappa shape index (κ1) is 11.9. The van der Waals surface area contributed by atoms with Crippen molar-refractivity contribution >= 4 is 16.9 Å². The molecule has 0 bridgehead atoms. The minimum absolute atomic E-state index is 0.0964. The van der Waals surface area contributed by atoms with Crippen molar-refractivity contribution in [3.05, 3.63) is 45.5 Å². The standard InChI is InChI=1S/C14H12FNO3/c1-7-2-3-8-4-9(15)5-10-12(8)16(7)6-11(13(10)17)14(18)19/h4-7H,2-3H2,1H3,(H,18,19)/i15-1. The summed E-state index contributed by atoms with van der Waals surface area (Å²) in [6, 6.07) is 2.64. The number of aromatic nitrogens is 1. The number of aromatic carboxylic acids is 1.